The van der Waals surface area contributed by atoms with Crippen molar-refractivity contribution in [3.63, 3.8) is 0 Å². The zero-order chi connectivity index (χ0) is 45.0. The van der Waals surface area contributed by atoms with Gasteiger partial charge < -0.3 is 14.1 Å². The van der Waals surface area contributed by atoms with E-state index in [-0.39, 0.29) is 23.1 Å². The lowest BCUT2D eigenvalue weighted by Gasteiger charge is -2.46. The molecule has 10 aromatic rings. The second-order valence-corrected chi connectivity index (χ2v) is 22.4. The van der Waals surface area contributed by atoms with Crippen LogP contribution in [0.1, 0.15) is 77.6 Å². The fraction of sp³-hybridized carbons (Fsp3) is 0.180. The van der Waals surface area contributed by atoms with Crippen LogP contribution in [0.25, 0.3) is 65.4 Å². The molecule has 0 saturated carbocycles. The van der Waals surface area contributed by atoms with Crippen LogP contribution in [0.15, 0.2) is 168 Å². The Hall–Kier alpha value is -6.82. The number of furan rings is 1. The van der Waals surface area contributed by atoms with Gasteiger partial charge in [-0.05, 0) is 121 Å². The van der Waals surface area contributed by atoms with Crippen LogP contribution >= 0.6 is 11.3 Å². The van der Waals surface area contributed by atoms with Gasteiger partial charge in [0.25, 0.3) is 0 Å². The van der Waals surface area contributed by atoms with Crippen LogP contribution in [0.3, 0.4) is 0 Å². The Morgan fingerprint density at radius 2 is 1.20 bits per heavy atom. The quantitative estimate of drug-likeness (QED) is 0.165. The molecule has 5 heteroatoms. The second kappa shape index (κ2) is 13.6. The molecule has 66 heavy (non-hydrogen) atoms. The van der Waals surface area contributed by atoms with Gasteiger partial charge in [-0.1, -0.05) is 159 Å². The summed E-state index contributed by atoms with van der Waals surface area (Å²) in [6, 6.07) is 61.9. The van der Waals surface area contributed by atoms with Crippen molar-refractivity contribution in [3.05, 3.63) is 186 Å². The van der Waals surface area contributed by atoms with E-state index >= 15 is 0 Å². The van der Waals surface area contributed by atoms with Gasteiger partial charge in [0.05, 0.1) is 5.69 Å². The Balaban J connectivity index is 1.20. The largest absolute Gasteiger partial charge is 0.456 e. The van der Waals surface area contributed by atoms with E-state index in [1.54, 1.807) is 0 Å². The number of benzene rings is 8. The summed E-state index contributed by atoms with van der Waals surface area (Å²) in [5.41, 5.74) is 22.1. The van der Waals surface area contributed by atoms with Crippen molar-refractivity contribution in [1.29, 1.82) is 0 Å². The number of rotatable bonds is 3. The number of para-hydroxylation sites is 1. The van der Waals surface area contributed by atoms with E-state index in [0.717, 1.165) is 21.9 Å². The third kappa shape index (κ3) is 5.56. The van der Waals surface area contributed by atoms with Crippen LogP contribution in [-0.4, -0.2) is 6.85 Å². The Kier molecular flexibility index (Phi) is 8.16. The van der Waals surface area contributed by atoms with Crippen molar-refractivity contribution in [2.45, 2.75) is 71.6 Å². The summed E-state index contributed by atoms with van der Waals surface area (Å²) in [4.78, 5) is 5.30. The van der Waals surface area contributed by atoms with Crippen molar-refractivity contribution in [2.24, 2.45) is 0 Å². The SMILES string of the molecule is CC(C)(C)c1ccc(N2B3c4sc5ccc(-c6ccccc6)cc5c4N(c4ccc(C(C)(C)C)cc4)c4cc5c(c(c43)-c3cc4c(cc32)oc2ccccc24)C(C)(C)c2ccccc2-5)cc1. The summed E-state index contributed by atoms with van der Waals surface area (Å²) in [6.07, 6.45) is 0. The minimum Gasteiger partial charge on any atom is -0.456 e. The summed E-state index contributed by atoms with van der Waals surface area (Å²) in [5, 5.41) is 3.56. The number of nitrogens with zero attached hydrogens (tertiary/aromatic N) is 2. The molecule has 0 bridgehead atoms. The minimum absolute atomic E-state index is 0.0165. The number of thiophene rings is 1. The predicted octanol–water partition coefficient (Wildman–Crippen LogP) is 16.1. The highest BCUT2D eigenvalue weighted by molar-refractivity contribution is 7.32. The fourth-order valence-electron chi connectivity index (χ4n) is 11.6. The van der Waals surface area contributed by atoms with Crippen LogP contribution in [-0.2, 0) is 16.2 Å². The van der Waals surface area contributed by atoms with Gasteiger partial charge >= 0.3 is 6.85 Å². The molecule has 0 saturated heterocycles. The number of hydrogen-bond acceptors (Lipinski definition) is 4. The molecule has 0 N–H and O–H groups in total. The van der Waals surface area contributed by atoms with Crippen LogP contribution in [0.4, 0.5) is 28.4 Å². The Morgan fingerprint density at radius 1 is 0.530 bits per heavy atom. The lowest BCUT2D eigenvalue weighted by Crippen LogP contribution is -2.61. The molecule has 3 nitrogen and oxygen atoms in total. The summed E-state index contributed by atoms with van der Waals surface area (Å²) < 4.78 is 9.42. The molecule has 0 amide bonds. The Morgan fingerprint density at radius 3 is 1.92 bits per heavy atom. The maximum absolute atomic E-state index is 6.79. The van der Waals surface area contributed by atoms with Gasteiger partial charge in [0.1, 0.15) is 11.2 Å². The third-order valence-electron chi connectivity index (χ3n) is 14.9. The average Bonchev–Trinajstić information content (AvgIpc) is 3.95. The normalized spacial score (nSPS) is 14.7. The topological polar surface area (TPSA) is 19.6 Å². The molecule has 0 fully saturated rings. The first-order valence-corrected chi connectivity index (χ1v) is 24.3. The van der Waals surface area contributed by atoms with Crippen LogP contribution in [0.2, 0.25) is 0 Å². The molecule has 13 rings (SSSR count). The van der Waals surface area contributed by atoms with Gasteiger partial charge in [0.2, 0.25) is 0 Å². The molecule has 2 aliphatic heterocycles. The highest BCUT2D eigenvalue weighted by Gasteiger charge is 2.51. The second-order valence-electron chi connectivity index (χ2n) is 21.3. The molecule has 2 aromatic heterocycles. The van der Waals surface area contributed by atoms with Crippen molar-refractivity contribution in [1.82, 2.24) is 0 Å². The fourth-order valence-corrected chi connectivity index (χ4v) is 12.9. The number of fused-ring (bicyclic) bond motifs is 13. The van der Waals surface area contributed by atoms with Gasteiger partial charge in [-0.25, -0.2) is 0 Å². The molecule has 8 aromatic carbocycles. The lowest BCUT2D eigenvalue weighted by molar-refractivity contribution is 0.590. The molecular weight excluding hydrogens is 820 g/mol. The van der Waals surface area contributed by atoms with Gasteiger partial charge in [-0.2, -0.15) is 0 Å². The summed E-state index contributed by atoms with van der Waals surface area (Å²) in [7, 11) is 0. The van der Waals surface area contributed by atoms with Crippen molar-refractivity contribution < 1.29 is 4.42 Å². The van der Waals surface area contributed by atoms with Gasteiger partial charge in [-0.15, -0.1) is 11.3 Å². The maximum Gasteiger partial charge on any atom is 0.343 e. The van der Waals surface area contributed by atoms with E-state index in [9.17, 15) is 0 Å². The monoisotopic (exact) mass is 870 g/mol. The van der Waals surface area contributed by atoms with E-state index < -0.39 is 0 Å². The molecule has 0 spiro atoms. The first-order chi connectivity index (χ1) is 31.8. The lowest BCUT2D eigenvalue weighted by atomic mass is 9.45. The highest BCUT2D eigenvalue weighted by atomic mass is 32.1. The van der Waals surface area contributed by atoms with E-state index in [0.29, 0.717) is 0 Å². The summed E-state index contributed by atoms with van der Waals surface area (Å²) >= 11 is 1.95. The Labute approximate surface area is 392 Å². The van der Waals surface area contributed by atoms with E-state index in [4.69, 9.17) is 4.42 Å². The molecule has 320 valence electrons. The molecule has 3 aliphatic rings. The first-order valence-electron chi connectivity index (χ1n) is 23.4. The number of anilines is 5. The maximum atomic E-state index is 6.79. The van der Waals surface area contributed by atoms with E-state index in [1.807, 2.05) is 11.3 Å². The van der Waals surface area contributed by atoms with Gasteiger partial charge in [0.15, 0.2) is 0 Å². The average molecular weight is 871 g/mol. The summed E-state index contributed by atoms with van der Waals surface area (Å²) in [5.74, 6) is 0. The Bertz CT molecular complexity index is 3640. The zero-order valence-electron chi connectivity index (χ0n) is 38.9. The molecule has 4 heterocycles. The van der Waals surface area contributed by atoms with Gasteiger partial charge in [0, 0.05) is 65.4 Å². The molecule has 0 atom stereocenters. The smallest absolute Gasteiger partial charge is 0.343 e. The predicted molar refractivity (Wildman–Crippen MR) is 283 cm³/mol. The first kappa shape index (κ1) is 39.5. The zero-order valence-corrected chi connectivity index (χ0v) is 39.7. The van der Waals surface area contributed by atoms with E-state index in [1.165, 1.54) is 104 Å². The minimum atomic E-state index is -0.258. The van der Waals surface area contributed by atoms with Crippen LogP contribution < -0.4 is 20.0 Å². The molecule has 0 unspecified atom stereocenters. The van der Waals surface area contributed by atoms with Crippen LogP contribution in [0.5, 0.6) is 0 Å². The molecular formula is C61H51BN2OS. The van der Waals surface area contributed by atoms with Crippen molar-refractivity contribution in [2.75, 3.05) is 9.71 Å². The van der Waals surface area contributed by atoms with Crippen molar-refractivity contribution >= 4 is 88.9 Å². The van der Waals surface area contributed by atoms with Gasteiger partial charge in [-0.3, -0.25) is 0 Å². The van der Waals surface area contributed by atoms with E-state index in [2.05, 4.69) is 229 Å². The van der Waals surface area contributed by atoms with Crippen LogP contribution in [0, 0.1) is 0 Å². The number of hydrogen-bond donors (Lipinski definition) is 0. The molecule has 1 aliphatic carbocycles. The third-order valence-corrected chi connectivity index (χ3v) is 16.1. The highest BCUT2D eigenvalue weighted by Crippen LogP contribution is 2.59. The summed E-state index contributed by atoms with van der Waals surface area (Å²) in [6.45, 7) is 18.6. The standard InChI is InChI=1S/C61H51BN2OS/c1-59(2,3)38-23-27-40(28-24-38)63-50-34-45-42-18-12-14-20-48(42)61(7,8)55(45)54-46-33-44-43-19-13-15-21-51(43)65-52(44)35-49(46)64(41-29-25-39(26-30-41)60(4,5)6)62(56(50)54)58-57(63)47-32-37(22-31-53(47)66-58)36-16-10-9-11-17-36/h9-35H,1-8H3. The molecule has 0 radical (unpaired) electrons. The van der Waals surface area contributed by atoms with Crippen molar-refractivity contribution in [3.8, 4) is 33.4 Å².